The lowest BCUT2D eigenvalue weighted by molar-refractivity contribution is -0.137. The lowest BCUT2D eigenvalue weighted by Crippen LogP contribution is -2.16. The Labute approximate surface area is 153 Å². The summed E-state index contributed by atoms with van der Waals surface area (Å²) in [5.41, 5.74) is 4.40. The summed E-state index contributed by atoms with van der Waals surface area (Å²) < 4.78 is 49.1. The van der Waals surface area contributed by atoms with Gasteiger partial charge in [0.25, 0.3) is 5.91 Å². The number of carbonyl (C=O) groups excluding carboxylic acids is 2. The molecule has 0 unspecified atom stereocenters. The number of ether oxygens (including phenoxy) is 2. The first kappa shape index (κ1) is 20.2. The molecule has 3 N–H and O–H groups in total. The van der Waals surface area contributed by atoms with Gasteiger partial charge in [-0.05, 0) is 42.5 Å². The molecular weight excluding hydrogens is 365 g/mol. The quantitative estimate of drug-likeness (QED) is 0.720. The van der Waals surface area contributed by atoms with E-state index >= 15 is 0 Å². The van der Waals surface area contributed by atoms with E-state index in [4.69, 9.17) is 15.2 Å². The van der Waals surface area contributed by atoms with Gasteiger partial charge in [-0.15, -0.1) is 0 Å². The smallest absolute Gasteiger partial charge is 0.416 e. The van der Waals surface area contributed by atoms with Gasteiger partial charge in [-0.1, -0.05) is 0 Å². The van der Waals surface area contributed by atoms with Gasteiger partial charge >= 0.3 is 6.18 Å². The second-order valence-corrected chi connectivity index (χ2v) is 5.45. The summed E-state index contributed by atoms with van der Waals surface area (Å²) >= 11 is 0. The molecule has 0 spiro atoms. The van der Waals surface area contributed by atoms with Crippen molar-refractivity contribution in [2.75, 3.05) is 25.6 Å². The third-order valence-electron chi connectivity index (χ3n) is 3.53. The van der Waals surface area contributed by atoms with Crippen LogP contribution in [0.3, 0.4) is 0 Å². The Kier molecular flexibility index (Phi) is 6.40. The van der Waals surface area contributed by atoms with Gasteiger partial charge in [-0.3, -0.25) is 9.59 Å². The Hall–Kier alpha value is -3.07. The Morgan fingerprint density at radius 2 is 1.67 bits per heavy atom. The van der Waals surface area contributed by atoms with E-state index in [0.717, 1.165) is 18.2 Å². The number of halogens is 3. The molecule has 2 amide bonds. The molecule has 0 aliphatic rings. The Morgan fingerprint density at radius 1 is 1.04 bits per heavy atom. The van der Waals surface area contributed by atoms with Crippen LogP contribution in [0.25, 0.3) is 0 Å². The fourth-order valence-corrected chi connectivity index (χ4v) is 2.15. The number of hydrogen-bond acceptors (Lipinski definition) is 4. The van der Waals surface area contributed by atoms with Gasteiger partial charge in [0.2, 0.25) is 5.91 Å². The van der Waals surface area contributed by atoms with Gasteiger partial charge in [-0.25, -0.2) is 0 Å². The second kappa shape index (κ2) is 8.54. The fraction of sp³-hybridized carbons (Fsp3) is 0.222. The Bertz CT molecular complexity index is 820. The molecule has 0 bridgehead atoms. The maximum absolute atomic E-state index is 13.0. The van der Waals surface area contributed by atoms with E-state index < -0.39 is 23.6 Å². The molecule has 144 valence electrons. The molecule has 0 atom stereocenters. The molecule has 0 fully saturated rings. The van der Waals surface area contributed by atoms with Crippen molar-refractivity contribution < 1.29 is 32.2 Å². The van der Waals surface area contributed by atoms with Gasteiger partial charge in [0.15, 0.2) is 0 Å². The van der Waals surface area contributed by atoms with Crippen LogP contribution in [0.1, 0.15) is 26.3 Å². The number of hydrogen-bond donors (Lipinski definition) is 2. The monoisotopic (exact) mass is 382 g/mol. The SMILES string of the molecule is COCCOc1ccc(C(F)(F)F)cc1NC(=O)c1ccc(C(N)=O)cc1. The number of nitrogens with two attached hydrogens (primary N) is 1. The number of amides is 2. The molecular formula is C18H17F3N2O4. The summed E-state index contributed by atoms with van der Waals surface area (Å²) in [6.45, 7) is 0.320. The van der Waals surface area contributed by atoms with Crippen molar-refractivity contribution >= 4 is 17.5 Å². The largest absolute Gasteiger partial charge is 0.489 e. The van der Waals surface area contributed by atoms with E-state index in [1.165, 1.54) is 31.4 Å². The number of nitrogens with one attached hydrogen (secondary N) is 1. The van der Waals surface area contributed by atoms with Crippen molar-refractivity contribution in [3.8, 4) is 5.75 Å². The summed E-state index contributed by atoms with van der Waals surface area (Å²) in [7, 11) is 1.45. The van der Waals surface area contributed by atoms with Crippen molar-refractivity contribution in [3.63, 3.8) is 0 Å². The summed E-state index contributed by atoms with van der Waals surface area (Å²) in [6.07, 6.45) is -4.58. The average molecular weight is 382 g/mol. The van der Waals surface area contributed by atoms with E-state index in [1.807, 2.05) is 0 Å². The van der Waals surface area contributed by atoms with E-state index in [2.05, 4.69) is 5.32 Å². The number of anilines is 1. The van der Waals surface area contributed by atoms with E-state index in [0.29, 0.717) is 0 Å². The minimum absolute atomic E-state index is 0.0714. The highest BCUT2D eigenvalue weighted by Gasteiger charge is 2.31. The molecule has 0 aliphatic heterocycles. The summed E-state index contributed by atoms with van der Waals surface area (Å²) in [6, 6.07) is 8.16. The molecule has 0 aromatic heterocycles. The van der Waals surface area contributed by atoms with Gasteiger partial charge in [0, 0.05) is 18.2 Å². The first-order chi connectivity index (χ1) is 12.7. The van der Waals surface area contributed by atoms with Crippen LogP contribution in [0.5, 0.6) is 5.75 Å². The third kappa shape index (κ3) is 5.45. The van der Waals surface area contributed by atoms with E-state index in [1.54, 1.807) is 0 Å². The third-order valence-corrected chi connectivity index (χ3v) is 3.53. The number of primary amides is 1. The highest BCUT2D eigenvalue weighted by Crippen LogP contribution is 2.35. The number of alkyl halides is 3. The predicted molar refractivity (Wildman–Crippen MR) is 91.7 cm³/mol. The maximum atomic E-state index is 13.0. The molecule has 27 heavy (non-hydrogen) atoms. The van der Waals surface area contributed by atoms with Crippen molar-refractivity contribution in [1.82, 2.24) is 0 Å². The van der Waals surface area contributed by atoms with Crippen LogP contribution in [0.15, 0.2) is 42.5 Å². The van der Waals surface area contributed by atoms with E-state index in [9.17, 15) is 22.8 Å². The average Bonchev–Trinajstić information content (AvgIpc) is 2.62. The molecule has 2 aromatic carbocycles. The molecule has 0 saturated carbocycles. The van der Waals surface area contributed by atoms with Crippen LogP contribution in [0, 0.1) is 0 Å². The second-order valence-electron chi connectivity index (χ2n) is 5.45. The molecule has 0 saturated heterocycles. The lowest BCUT2D eigenvalue weighted by atomic mass is 10.1. The molecule has 9 heteroatoms. The minimum atomic E-state index is -4.58. The number of methoxy groups -OCH3 is 1. The van der Waals surface area contributed by atoms with Crippen LogP contribution in [-0.4, -0.2) is 32.1 Å². The minimum Gasteiger partial charge on any atom is -0.489 e. The molecule has 0 heterocycles. The van der Waals surface area contributed by atoms with Crippen LogP contribution in [0.2, 0.25) is 0 Å². The molecule has 6 nitrogen and oxygen atoms in total. The number of benzene rings is 2. The number of rotatable bonds is 7. The van der Waals surface area contributed by atoms with Crippen LogP contribution >= 0.6 is 0 Å². The zero-order valence-corrected chi connectivity index (χ0v) is 14.3. The van der Waals surface area contributed by atoms with Gasteiger partial charge in [0.05, 0.1) is 17.9 Å². The summed E-state index contributed by atoms with van der Waals surface area (Å²) in [5.74, 6) is -1.25. The molecule has 0 aliphatic carbocycles. The highest BCUT2D eigenvalue weighted by atomic mass is 19.4. The maximum Gasteiger partial charge on any atom is 0.416 e. The van der Waals surface area contributed by atoms with Crippen molar-refractivity contribution in [1.29, 1.82) is 0 Å². The lowest BCUT2D eigenvalue weighted by Gasteiger charge is -2.15. The first-order valence-corrected chi connectivity index (χ1v) is 7.76. The standard InChI is InChI=1S/C18H17F3N2O4/c1-26-8-9-27-15-7-6-13(18(19,20)21)10-14(15)23-17(25)12-4-2-11(3-5-12)16(22)24/h2-7,10H,8-9H2,1H3,(H2,22,24)(H,23,25). The van der Waals surface area contributed by atoms with Crippen LogP contribution < -0.4 is 15.8 Å². The van der Waals surface area contributed by atoms with E-state index in [-0.39, 0.29) is 35.8 Å². The fourth-order valence-electron chi connectivity index (χ4n) is 2.15. The van der Waals surface area contributed by atoms with Crippen LogP contribution in [-0.2, 0) is 10.9 Å². The topological polar surface area (TPSA) is 90.7 Å². The Balaban J connectivity index is 2.27. The zero-order valence-electron chi connectivity index (χ0n) is 14.3. The highest BCUT2D eigenvalue weighted by molar-refractivity contribution is 6.05. The predicted octanol–water partition coefficient (Wildman–Crippen LogP) is 3.08. The molecule has 2 aromatic rings. The van der Waals surface area contributed by atoms with Crippen molar-refractivity contribution in [3.05, 3.63) is 59.2 Å². The van der Waals surface area contributed by atoms with Gasteiger partial charge in [-0.2, -0.15) is 13.2 Å². The number of carbonyl (C=O) groups is 2. The first-order valence-electron chi connectivity index (χ1n) is 7.76. The normalized spacial score (nSPS) is 11.1. The van der Waals surface area contributed by atoms with Crippen LogP contribution in [0.4, 0.5) is 18.9 Å². The van der Waals surface area contributed by atoms with Gasteiger partial charge in [0.1, 0.15) is 12.4 Å². The summed E-state index contributed by atoms with van der Waals surface area (Å²) in [4.78, 5) is 23.4. The molecule has 0 radical (unpaired) electrons. The Morgan fingerprint density at radius 3 is 2.22 bits per heavy atom. The molecule has 2 rings (SSSR count). The van der Waals surface area contributed by atoms with Crippen molar-refractivity contribution in [2.45, 2.75) is 6.18 Å². The van der Waals surface area contributed by atoms with Gasteiger partial charge < -0.3 is 20.5 Å². The van der Waals surface area contributed by atoms with Crippen molar-refractivity contribution in [2.24, 2.45) is 5.73 Å². The zero-order chi connectivity index (χ0) is 20.0. The summed E-state index contributed by atoms with van der Waals surface area (Å²) in [5, 5.41) is 2.39.